The predicted molar refractivity (Wildman–Crippen MR) is 59.1 cm³/mol. The Morgan fingerprint density at radius 3 is 2.69 bits per heavy atom. The van der Waals surface area contributed by atoms with E-state index in [0.29, 0.717) is 6.04 Å². The van der Waals surface area contributed by atoms with Crippen LogP contribution in [0.5, 0.6) is 0 Å². The molecule has 0 spiro atoms. The second-order valence-electron chi connectivity index (χ2n) is 4.17. The Morgan fingerprint density at radius 2 is 2.08 bits per heavy atom. The molecule has 0 bridgehead atoms. The molecule has 0 saturated carbocycles. The maximum atomic E-state index is 5.83. The fourth-order valence-corrected chi connectivity index (χ4v) is 3.18. The van der Waals surface area contributed by atoms with Gasteiger partial charge >= 0.3 is 0 Å². The van der Waals surface area contributed by atoms with Crippen molar-refractivity contribution in [2.75, 3.05) is 24.6 Å². The molecule has 1 atom stereocenters. The molecule has 2 aliphatic heterocycles. The van der Waals surface area contributed by atoms with E-state index in [1.807, 2.05) is 0 Å². The Morgan fingerprint density at radius 1 is 1.23 bits per heavy atom. The Hall–Kier alpha value is 0.270. The second-order valence-corrected chi connectivity index (χ2v) is 5.24. The highest BCUT2D eigenvalue weighted by Crippen LogP contribution is 2.28. The number of rotatable bonds is 2. The fourth-order valence-electron chi connectivity index (χ4n) is 2.35. The van der Waals surface area contributed by atoms with Crippen LogP contribution in [0.2, 0.25) is 0 Å². The fraction of sp³-hybridized carbons (Fsp3) is 1.00. The molecule has 2 saturated heterocycles. The minimum atomic E-state index is 0.688. The SMILES string of the molecule is NCC1CCCCCN1C1CSC1. The van der Waals surface area contributed by atoms with Gasteiger partial charge in [0.15, 0.2) is 0 Å². The minimum absolute atomic E-state index is 0.688. The van der Waals surface area contributed by atoms with Crippen molar-refractivity contribution in [2.24, 2.45) is 5.73 Å². The number of thioether (sulfide) groups is 1. The van der Waals surface area contributed by atoms with Crippen LogP contribution in [0.3, 0.4) is 0 Å². The van der Waals surface area contributed by atoms with E-state index in [-0.39, 0.29) is 0 Å². The summed E-state index contributed by atoms with van der Waals surface area (Å²) < 4.78 is 0. The van der Waals surface area contributed by atoms with Crippen molar-refractivity contribution in [1.29, 1.82) is 0 Å². The van der Waals surface area contributed by atoms with Crippen LogP contribution in [0.25, 0.3) is 0 Å². The monoisotopic (exact) mass is 200 g/mol. The van der Waals surface area contributed by atoms with Crippen LogP contribution in [0.15, 0.2) is 0 Å². The van der Waals surface area contributed by atoms with Crippen LogP contribution < -0.4 is 5.73 Å². The van der Waals surface area contributed by atoms with Crippen LogP contribution in [0, 0.1) is 0 Å². The Kier molecular flexibility index (Phi) is 3.52. The molecule has 76 valence electrons. The highest BCUT2D eigenvalue weighted by Gasteiger charge is 2.30. The molecule has 2 heterocycles. The van der Waals surface area contributed by atoms with Gasteiger partial charge in [-0.2, -0.15) is 11.8 Å². The zero-order chi connectivity index (χ0) is 9.10. The molecule has 0 aromatic heterocycles. The summed E-state index contributed by atoms with van der Waals surface area (Å²) in [6.07, 6.45) is 5.51. The summed E-state index contributed by atoms with van der Waals surface area (Å²) in [6, 6.07) is 1.55. The minimum Gasteiger partial charge on any atom is -0.329 e. The van der Waals surface area contributed by atoms with Gasteiger partial charge in [0.25, 0.3) is 0 Å². The lowest BCUT2D eigenvalue weighted by Crippen LogP contribution is -2.52. The van der Waals surface area contributed by atoms with Gasteiger partial charge in [-0.15, -0.1) is 0 Å². The summed E-state index contributed by atoms with van der Waals surface area (Å²) in [6.45, 7) is 2.16. The number of nitrogens with zero attached hydrogens (tertiary/aromatic N) is 1. The largest absolute Gasteiger partial charge is 0.329 e. The highest BCUT2D eigenvalue weighted by atomic mass is 32.2. The van der Waals surface area contributed by atoms with E-state index < -0.39 is 0 Å². The lowest BCUT2D eigenvalue weighted by Gasteiger charge is -2.41. The predicted octanol–water partition coefficient (Wildman–Crippen LogP) is 1.31. The molecule has 2 nitrogen and oxygen atoms in total. The van der Waals surface area contributed by atoms with E-state index in [1.165, 1.54) is 43.7 Å². The van der Waals surface area contributed by atoms with E-state index >= 15 is 0 Å². The van der Waals surface area contributed by atoms with Gasteiger partial charge in [-0.05, 0) is 19.4 Å². The molecule has 0 aliphatic carbocycles. The molecule has 2 rings (SSSR count). The first-order chi connectivity index (χ1) is 6.42. The van der Waals surface area contributed by atoms with Crippen LogP contribution in [-0.4, -0.2) is 41.6 Å². The van der Waals surface area contributed by atoms with Crippen LogP contribution in [0.4, 0.5) is 0 Å². The summed E-state index contributed by atoms with van der Waals surface area (Å²) in [5.74, 6) is 2.69. The third-order valence-electron chi connectivity index (χ3n) is 3.28. The van der Waals surface area contributed by atoms with Crippen molar-refractivity contribution >= 4 is 11.8 Å². The Balaban J connectivity index is 1.93. The van der Waals surface area contributed by atoms with Gasteiger partial charge < -0.3 is 5.73 Å². The summed E-state index contributed by atoms with van der Waals surface area (Å²) in [5.41, 5.74) is 5.83. The van der Waals surface area contributed by atoms with Crippen molar-refractivity contribution in [3.8, 4) is 0 Å². The molecule has 0 aromatic rings. The van der Waals surface area contributed by atoms with Crippen molar-refractivity contribution in [2.45, 2.75) is 37.8 Å². The van der Waals surface area contributed by atoms with Gasteiger partial charge in [0.1, 0.15) is 0 Å². The molecule has 13 heavy (non-hydrogen) atoms. The Bertz CT molecular complexity index is 159. The smallest absolute Gasteiger partial charge is 0.0280 e. The maximum absolute atomic E-state index is 5.83. The van der Waals surface area contributed by atoms with Gasteiger partial charge in [0.2, 0.25) is 0 Å². The van der Waals surface area contributed by atoms with Gasteiger partial charge in [0, 0.05) is 30.1 Å². The van der Waals surface area contributed by atoms with Crippen molar-refractivity contribution < 1.29 is 0 Å². The van der Waals surface area contributed by atoms with Crippen molar-refractivity contribution in [3.05, 3.63) is 0 Å². The highest BCUT2D eigenvalue weighted by molar-refractivity contribution is 8.00. The first kappa shape index (κ1) is 9.81. The Labute approximate surface area is 85.2 Å². The summed E-state index contributed by atoms with van der Waals surface area (Å²) in [4.78, 5) is 2.68. The van der Waals surface area contributed by atoms with Gasteiger partial charge in [-0.3, -0.25) is 4.90 Å². The molecule has 2 aliphatic rings. The van der Waals surface area contributed by atoms with E-state index in [1.54, 1.807) is 0 Å². The quantitative estimate of drug-likeness (QED) is 0.728. The average molecular weight is 200 g/mol. The van der Waals surface area contributed by atoms with Gasteiger partial charge in [0.05, 0.1) is 0 Å². The molecular formula is C10H20N2S. The first-order valence-electron chi connectivity index (χ1n) is 5.45. The molecule has 2 fully saturated rings. The van der Waals surface area contributed by atoms with Crippen molar-refractivity contribution in [1.82, 2.24) is 4.90 Å². The third-order valence-corrected chi connectivity index (χ3v) is 4.53. The molecule has 0 aromatic carbocycles. The summed E-state index contributed by atoms with van der Waals surface area (Å²) in [5, 5.41) is 0. The van der Waals surface area contributed by atoms with Crippen LogP contribution in [0.1, 0.15) is 25.7 Å². The maximum Gasteiger partial charge on any atom is 0.0280 e. The van der Waals surface area contributed by atoms with Crippen molar-refractivity contribution in [3.63, 3.8) is 0 Å². The van der Waals surface area contributed by atoms with E-state index in [4.69, 9.17) is 5.73 Å². The standard InChI is InChI=1S/C10H20N2S/c11-6-9-4-2-1-3-5-12(9)10-7-13-8-10/h9-10H,1-8,11H2. The average Bonchev–Trinajstić information content (AvgIpc) is 2.27. The zero-order valence-corrected chi connectivity index (χ0v) is 9.06. The first-order valence-corrected chi connectivity index (χ1v) is 6.61. The molecule has 1 unspecified atom stereocenters. The van der Waals surface area contributed by atoms with E-state index in [9.17, 15) is 0 Å². The number of likely N-dealkylation sites (tertiary alicyclic amines) is 1. The lowest BCUT2D eigenvalue weighted by atomic mass is 10.1. The molecule has 3 heteroatoms. The lowest BCUT2D eigenvalue weighted by molar-refractivity contribution is 0.160. The molecule has 2 N–H and O–H groups in total. The second kappa shape index (κ2) is 4.67. The molecular weight excluding hydrogens is 180 g/mol. The molecule has 0 radical (unpaired) electrons. The number of hydrogen-bond acceptors (Lipinski definition) is 3. The summed E-state index contributed by atoms with van der Waals surface area (Å²) >= 11 is 2.08. The summed E-state index contributed by atoms with van der Waals surface area (Å²) in [7, 11) is 0. The van der Waals surface area contributed by atoms with Crippen LogP contribution >= 0.6 is 11.8 Å². The molecule has 0 amide bonds. The van der Waals surface area contributed by atoms with Gasteiger partial charge in [-0.1, -0.05) is 12.8 Å². The number of hydrogen-bond donors (Lipinski definition) is 1. The van der Waals surface area contributed by atoms with Crippen LogP contribution in [-0.2, 0) is 0 Å². The van der Waals surface area contributed by atoms with E-state index in [2.05, 4.69) is 16.7 Å². The normalized spacial score (nSPS) is 32.5. The number of nitrogens with two attached hydrogens (primary N) is 1. The topological polar surface area (TPSA) is 29.3 Å². The zero-order valence-electron chi connectivity index (χ0n) is 8.24. The van der Waals surface area contributed by atoms with E-state index in [0.717, 1.165) is 12.6 Å². The third kappa shape index (κ3) is 2.20. The van der Waals surface area contributed by atoms with Gasteiger partial charge in [-0.25, -0.2) is 0 Å².